The molecule has 0 fully saturated rings. The normalized spacial score (nSPS) is 11.4. The number of nitrogens with one attached hydrogen (secondary N) is 1. The second kappa shape index (κ2) is 5.22. The van der Waals surface area contributed by atoms with Gasteiger partial charge in [0.2, 0.25) is 0 Å². The third-order valence-corrected chi connectivity index (χ3v) is 3.58. The van der Waals surface area contributed by atoms with Crippen LogP contribution in [0.15, 0.2) is 6.20 Å². The first-order valence-electron chi connectivity index (χ1n) is 5.13. The van der Waals surface area contributed by atoms with Crippen molar-refractivity contribution in [3.8, 4) is 0 Å². The molecule has 3 N–H and O–H groups in total. The molecule has 90 valence electrons. The summed E-state index contributed by atoms with van der Waals surface area (Å²) in [4.78, 5) is 13.9. The van der Waals surface area contributed by atoms with E-state index >= 15 is 0 Å². The van der Waals surface area contributed by atoms with Gasteiger partial charge >= 0.3 is 5.00 Å². The highest BCUT2D eigenvalue weighted by atomic mass is 32.1. The van der Waals surface area contributed by atoms with Gasteiger partial charge in [0.1, 0.15) is 6.20 Å². The zero-order chi connectivity index (χ0) is 12.2. The van der Waals surface area contributed by atoms with Gasteiger partial charge in [0.25, 0.3) is 0 Å². The van der Waals surface area contributed by atoms with Crippen LogP contribution in [0.25, 0.3) is 0 Å². The molecule has 0 aliphatic heterocycles. The number of hydrogen-bond acceptors (Lipinski definition) is 6. The molecule has 0 spiro atoms. The third-order valence-electron chi connectivity index (χ3n) is 2.67. The van der Waals surface area contributed by atoms with Gasteiger partial charge in [-0.1, -0.05) is 13.8 Å². The average molecular weight is 244 g/mol. The number of hydrogen-bond donors (Lipinski definition) is 2. The highest BCUT2D eigenvalue weighted by Crippen LogP contribution is 2.25. The first-order chi connectivity index (χ1) is 7.50. The Kier molecular flexibility index (Phi) is 4.19. The van der Waals surface area contributed by atoms with Gasteiger partial charge in [-0.2, -0.15) is 0 Å². The molecule has 0 saturated heterocycles. The van der Waals surface area contributed by atoms with Crippen LogP contribution in [0.2, 0.25) is 0 Å². The Bertz CT molecular complexity index is 362. The highest BCUT2D eigenvalue weighted by Gasteiger charge is 2.21. The van der Waals surface area contributed by atoms with E-state index in [4.69, 9.17) is 5.73 Å². The summed E-state index contributed by atoms with van der Waals surface area (Å²) >= 11 is 1.03. The van der Waals surface area contributed by atoms with E-state index in [9.17, 15) is 10.1 Å². The van der Waals surface area contributed by atoms with Gasteiger partial charge in [0.15, 0.2) is 5.13 Å². The molecule has 0 bridgehead atoms. The van der Waals surface area contributed by atoms with Gasteiger partial charge in [-0.25, -0.2) is 4.98 Å². The second-order valence-electron chi connectivity index (χ2n) is 3.68. The van der Waals surface area contributed by atoms with E-state index < -0.39 is 4.92 Å². The Morgan fingerprint density at radius 2 is 2.25 bits per heavy atom. The first-order valence-corrected chi connectivity index (χ1v) is 5.95. The monoisotopic (exact) mass is 244 g/mol. The van der Waals surface area contributed by atoms with Crippen LogP contribution in [-0.4, -0.2) is 22.0 Å². The molecule has 6 nitrogen and oxygen atoms in total. The predicted octanol–water partition coefficient (Wildman–Crippen LogP) is 1.98. The molecular formula is C9H16N4O2S. The number of aromatic nitrogens is 1. The minimum Gasteiger partial charge on any atom is -0.359 e. The first kappa shape index (κ1) is 12.9. The fourth-order valence-corrected chi connectivity index (χ4v) is 1.81. The maximum absolute atomic E-state index is 10.5. The number of nitrogens with two attached hydrogens (primary N) is 1. The van der Waals surface area contributed by atoms with Crippen molar-refractivity contribution in [3.63, 3.8) is 0 Å². The molecule has 1 rings (SSSR count). The van der Waals surface area contributed by atoms with Gasteiger partial charge in [0, 0.05) is 12.1 Å². The van der Waals surface area contributed by atoms with Gasteiger partial charge in [-0.05, 0) is 24.2 Å². The van der Waals surface area contributed by atoms with Crippen molar-refractivity contribution in [2.75, 3.05) is 11.9 Å². The molecule has 1 aromatic rings. The smallest absolute Gasteiger partial charge is 0.345 e. The fraction of sp³-hybridized carbons (Fsp3) is 0.667. The van der Waals surface area contributed by atoms with Crippen LogP contribution in [-0.2, 0) is 0 Å². The quantitative estimate of drug-likeness (QED) is 0.589. The maximum atomic E-state index is 10.5. The van der Waals surface area contributed by atoms with Crippen molar-refractivity contribution >= 4 is 21.5 Å². The molecule has 7 heteroatoms. The van der Waals surface area contributed by atoms with Crippen LogP contribution < -0.4 is 11.1 Å². The number of rotatable bonds is 6. The Morgan fingerprint density at radius 3 is 2.69 bits per heavy atom. The van der Waals surface area contributed by atoms with Gasteiger partial charge in [0.05, 0.1) is 4.92 Å². The van der Waals surface area contributed by atoms with E-state index in [0.29, 0.717) is 11.7 Å². The van der Waals surface area contributed by atoms with Crippen molar-refractivity contribution < 1.29 is 4.92 Å². The fourth-order valence-electron chi connectivity index (χ4n) is 1.18. The molecule has 0 unspecified atom stereocenters. The minimum atomic E-state index is -0.446. The zero-order valence-corrected chi connectivity index (χ0v) is 10.2. The van der Waals surface area contributed by atoms with E-state index in [0.717, 1.165) is 24.2 Å². The van der Waals surface area contributed by atoms with Crippen LogP contribution in [0.3, 0.4) is 0 Å². The van der Waals surface area contributed by atoms with Gasteiger partial charge in [-0.3, -0.25) is 10.1 Å². The summed E-state index contributed by atoms with van der Waals surface area (Å²) in [6.07, 6.45) is 2.96. The van der Waals surface area contributed by atoms with Crippen LogP contribution in [0.1, 0.15) is 26.7 Å². The largest absolute Gasteiger partial charge is 0.359 e. The molecule has 1 heterocycles. The molecule has 16 heavy (non-hydrogen) atoms. The zero-order valence-electron chi connectivity index (χ0n) is 9.40. The number of anilines is 1. The van der Waals surface area contributed by atoms with E-state index in [-0.39, 0.29) is 10.5 Å². The molecule has 0 atom stereocenters. The molecule has 0 aliphatic rings. The SMILES string of the molecule is CCC(N)(CC)CNc1ncc([N+](=O)[O-])s1. The van der Waals surface area contributed by atoms with Crippen LogP contribution >= 0.6 is 11.3 Å². The lowest BCUT2D eigenvalue weighted by Gasteiger charge is -2.26. The molecule has 0 aliphatic carbocycles. The van der Waals surface area contributed by atoms with Gasteiger partial charge < -0.3 is 11.1 Å². The summed E-state index contributed by atoms with van der Waals surface area (Å²) in [6.45, 7) is 4.62. The van der Waals surface area contributed by atoms with Crippen molar-refractivity contribution in [2.24, 2.45) is 5.73 Å². The maximum Gasteiger partial charge on any atom is 0.345 e. The minimum absolute atomic E-state index is 0.0399. The lowest BCUT2D eigenvalue weighted by molar-refractivity contribution is -0.380. The average Bonchev–Trinajstić information content (AvgIpc) is 2.75. The number of thiazole rings is 1. The summed E-state index contributed by atoms with van der Waals surface area (Å²) in [7, 11) is 0. The summed E-state index contributed by atoms with van der Waals surface area (Å²) in [5.74, 6) is 0. The molecule has 0 aromatic carbocycles. The van der Waals surface area contributed by atoms with Crippen molar-refractivity contribution in [1.29, 1.82) is 0 Å². The summed E-state index contributed by atoms with van der Waals surface area (Å²) in [6, 6.07) is 0. The van der Waals surface area contributed by atoms with Crippen molar-refractivity contribution in [3.05, 3.63) is 16.3 Å². The lowest BCUT2D eigenvalue weighted by atomic mass is 9.94. The summed E-state index contributed by atoms with van der Waals surface area (Å²) in [5, 5.41) is 14.1. The Hall–Kier alpha value is -1.21. The van der Waals surface area contributed by atoms with Crippen molar-refractivity contribution in [1.82, 2.24) is 4.98 Å². The van der Waals surface area contributed by atoms with E-state index in [1.54, 1.807) is 0 Å². The Labute approximate surface area is 98.0 Å². The lowest BCUT2D eigenvalue weighted by Crippen LogP contribution is -2.45. The second-order valence-corrected chi connectivity index (χ2v) is 4.69. The Balaban J connectivity index is 2.57. The summed E-state index contributed by atoms with van der Waals surface area (Å²) in [5.41, 5.74) is 5.81. The van der Waals surface area contributed by atoms with Crippen LogP contribution in [0, 0.1) is 10.1 Å². The predicted molar refractivity (Wildman–Crippen MR) is 64.8 cm³/mol. The molecular weight excluding hydrogens is 228 g/mol. The number of nitro groups is 1. The van der Waals surface area contributed by atoms with E-state index in [1.807, 2.05) is 13.8 Å². The molecule has 0 saturated carbocycles. The molecule has 0 amide bonds. The van der Waals surface area contributed by atoms with Crippen LogP contribution in [0.5, 0.6) is 0 Å². The number of nitrogens with zero attached hydrogens (tertiary/aromatic N) is 2. The molecule has 1 aromatic heterocycles. The Morgan fingerprint density at radius 1 is 1.62 bits per heavy atom. The topological polar surface area (TPSA) is 94.1 Å². The van der Waals surface area contributed by atoms with E-state index in [1.165, 1.54) is 6.20 Å². The highest BCUT2D eigenvalue weighted by molar-refractivity contribution is 7.18. The third kappa shape index (κ3) is 3.14. The van der Waals surface area contributed by atoms with Crippen molar-refractivity contribution in [2.45, 2.75) is 32.2 Å². The van der Waals surface area contributed by atoms with Crippen LogP contribution in [0.4, 0.5) is 10.1 Å². The molecule has 0 radical (unpaired) electrons. The standard InChI is InChI=1S/C9H16N4O2S/c1-3-9(10,4-2)6-12-8-11-5-7(16-8)13(14)15/h5H,3-4,6,10H2,1-2H3,(H,11,12). The van der Waals surface area contributed by atoms with E-state index in [2.05, 4.69) is 10.3 Å². The van der Waals surface area contributed by atoms with Gasteiger partial charge in [-0.15, -0.1) is 0 Å². The summed E-state index contributed by atoms with van der Waals surface area (Å²) < 4.78 is 0.